The second-order valence-electron chi connectivity index (χ2n) is 5.34. The predicted molar refractivity (Wildman–Crippen MR) is 78.2 cm³/mol. The summed E-state index contributed by atoms with van der Waals surface area (Å²) in [7, 11) is -1.57. The lowest BCUT2D eigenvalue weighted by atomic mass is 10.3. The fourth-order valence-corrected chi connectivity index (χ4v) is 3.40. The summed E-state index contributed by atoms with van der Waals surface area (Å²) >= 11 is 0. The van der Waals surface area contributed by atoms with E-state index in [1.165, 1.54) is 12.8 Å². The molecule has 0 N–H and O–H groups in total. The molecule has 0 aliphatic heterocycles. The molecule has 18 heavy (non-hydrogen) atoms. The molecular formula is C14H28O3Si. The van der Waals surface area contributed by atoms with Crippen molar-refractivity contribution in [3.8, 4) is 0 Å². The molecule has 0 heterocycles. The molecule has 0 aromatic heterocycles. The molecule has 0 amide bonds. The molecule has 0 aromatic rings. The number of carbonyl (C=O) groups is 1. The molecule has 3 nitrogen and oxygen atoms in total. The van der Waals surface area contributed by atoms with Crippen LogP contribution >= 0.6 is 0 Å². The van der Waals surface area contributed by atoms with Crippen molar-refractivity contribution < 1.29 is 14.0 Å². The van der Waals surface area contributed by atoms with E-state index >= 15 is 0 Å². The molecule has 0 radical (unpaired) electrons. The quantitative estimate of drug-likeness (QED) is 0.262. The average Bonchev–Trinajstić information content (AvgIpc) is 2.30. The molecule has 0 aliphatic carbocycles. The highest BCUT2D eigenvalue weighted by Gasteiger charge is 2.21. The van der Waals surface area contributed by atoms with Crippen LogP contribution < -0.4 is 0 Å². The normalized spacial score (nSPS) is 11.3. The van der Waals surface area contributed by atoms with E-state index in [1.54, 1.807) is 6.92 Å². The van der Waals surface area contributed by atoms with Crippen LogP contribution in [0, 0.1) is 0 Å². The highest BCUT2D eigenvalue weighted by atomic mass is 28.4. The van der Waals surface area contributed by atoms with Crippen molar-refractivity contribution in [1.29, 1.82) is 0 Å². The van der Waals surface area contributed by atoms with Gasteiger partial charge >= 0.3 is 5.97 Å². The van der Waals surface area contributed by atoms with E-state index in [1.807, 2.05) is 0 Å². The largest absolute Gasteiger partial charge is 0.462 e. The molecule has 106 valence electrons. The summed E-state index contributed by atoms with van der Waals surface area (Å²) in [5, 5.41) is 0. The van der Waals surface area contributed by atoms with Crippen LogP contribution in [0.5, 0.6) is 0 Å². The first kappa shape index (κ1) is 17.4. The Balaban J connectivity index is 3.63. The van der Waals surface area contributed by atoms with E-state index in [9.17, 15) is 4.79 Å². The number of hydrogen-bond acceptors (Lipinski definition) is 3. The minimum atomic E-state index is -1.57. The lowest BCUT2D eigenvalue weighted by Gasteiger charge is -2.22. The minimum Gasteiger partial charge on any atom is -0.462 e. The number of hydrogen-bond donors (Lipinski definition) is 0. The van der Waals surface area contributed by atoms with Gasteiger partial charge in [0.05, 0.1) is 6.61 Å². The third kappa shape index (κ3) is 9.42. The van der Waals surface area contributed by atoms with E-state index in [4.69, 9.17) is 9.16 Å². The second kappa shape index (κ2) is 9.33. The summed E-state index contributed by atoms with van der Waals surface area (Å²) in [6.45, 7) is 13.2. The Morgan fingerprint density at radius 1 is 1.17 bits per heavy atom. The van der Waals surface area contributed by atoms with Crippen molar-refractivity contribution in [2.75, 3.05) is 13.2 Å². The van der Waals surface area contributed by atoms with Gasteiger partial charge in [0, 0.05) is 12.2 Å². The van der Waals surface area contributed by atoms with Crippen LogP contribution in [0.25, 0.3) is 0 Å². The van der Waals surface area contributed by atoms with Crippen LogP contribution in [0.3, 0.4) is 0 Å². The third-order valence-electron chi connectivity index (χ3n) is 2.75. The lowest BCUT2D eigenvalue weighted by Crippen LogP contribution is -2.31. The highest BCUT2D eigenvalue weighted by molar-refractivity contribution is 6.71. The SMILES string of the molecule is C=C(C)C(=O)OCCC[Si](C)(C)OCCCCC. The number of unbranched alkanes of at least 4 members (excludes halogenated alkanes) is 2. The Morgan fingerprint density at radius 2 is 1.83 bits per heavy atom. The Bertz CT molecular complexity index is 262. The molecule has 0 bridgehead atoms. The first-order valence-corrected chi connectivity index (χ1v) is 9.97. The summed E-state index contributed by atoms with van der Waals surface area (Å²) in [5.74, 6) is -0.293. The van der Waals surface area contributed by atoms with Crippen LogP contribution in [0.2, 0.25) is 19.1 Å². The Labute approximate surface area is 113 Å². The molecule has 0 fully saturated rings. The monoisotopic (exact) mass is 272 g/mol. The smallest absolute Gasteiger partial charge is 0.333 e. The maximum absolute atomic E-state index is 11.2. The van der Waals surface area contributed by atoms with Crippen LogP contribution in [0.15, 0.2) is 12.2 Å². The molecule has 0 saturated carbocycles. The Kier molecular flexibility index (Phi) is 9.02. The van der Waals surface area contributed by atoms with Gasteiger partial charge < -0.3 is 9.16 Å². The number of carbonyl (C=O) groups excluding carboxylic acids is 1. The van der Waals surface area contributed by atoms with Gasteiger partial charge in [0.2, 0.25) is 0 Å². The maximum Gasteiger partial charge on any atom is 0.333 e. The number of ether oxygens (including phenoxy) is 1. The summed E-state index contributed by atoms with van der Waals surface area (Å²) in [5.41, 5.74) is 0.460. The van der Waals surface area contributed by atoms with Gasteiger partial charge in [-0.1, -0.05) is 26.3 Å². The number of rotatable bonds is 10. The zero-order valence-corrected chi connectivity index (χ0v) is 13.4. The molecule has 0 aromatic carbocycles. The van der Waals surface area contributed by atoms with Gasteiger partial charge in [-0.25, -0.2) is 4.79 Å². The van der Waals surface area contributed by atoms with E-state index in [2.05, 4.69) is 26.6 Å². The van der Waals surface area contributed by atoms with Gasteiger partial charge in [-0.15, -0.1) is 0 Å². The zero-order chi connectivity index (χ0) is 14.0. The minimum absolute atomic E-state index is 0.293. The molecule has 0 rings (SSSR count). The van der Waals surface area contributed by atoms with Gasteiger partial charge in [-0.3, -0.25) is 0 Å². The molecule has 0 saturated heterocycles. The number of esters is 1. The Morgan fingerprint density at radius 3 is 2.39 bits per heavy atom. The molecule has 0 unspecified atom stereocenters. The van der Waals surface area contributed by atoms with Gasteiger partial charge in [-0.2, -0.15) is 0 Å². The maximum atomic E-state index is 11.2. The first-order valence-electron chi connectivity index (χ1n) is 6.85. The van der Waals surface area contributed by atoms with Crippen molar-refractivity contribution in [1.82, 2.24) is 0 Å². The van der Waals surface area contributed by atoms with Gasteiger partial charge in [0.1, 0.15) is 0 Å². The topological polar surface area (TPSA) is 35.5 Å². The zero-order valence-electron chi connectivity index (χ0n) is 12.4. The second-order valence-corrected chi connectivity index (χ2v) is 9.64. The average molecular weight is 272 g/mol. The van der Waals surface area contributed by atoms with Gasteiger partial charge in [0.15, 0.2) is 8.32 Å². The van der Waals surface area contributed by atoms with E-state index in [-0.39, 0.29) is 5.97 Å². The van der Waals surface area contributed by atoms with Crippen LogP contribution in [-0.2, 0) is 14.0 Å². The van der Waals surface area contributed by atoms with Gasteiger partial charge in [0.25, 0.3) is 0 Å². The van der Waals surface area contributed by atoms with Crippen molar-refractivity contribution >= 4 is 14.3 Å². The van der Waals surface area contributed by atoms with E-state index < -0.39 is 8.32 Å². The molecule has 0 spiro atoms. The van der Waals surface area contributed by atoms with Crippen LogP contribution in [-0.4, -0.2) is 27.5 Å². The van der Waals surface area contributed by atoms with Crippen molar-refractivity contribution in [3.05, 3.63) is 12.2 Å². The van der Waals surface area contributed by atoms with Crippen LogP contribution in [0.4, 0.5) is 0 Å². The summed E-state index contributed by atoms with van der Waals surface area (Å²) in [6, 6.07) is 1.03. The summed E-state index contributed by atoms with van der Waals surface area (Å²) in [4.78, 5) is 11.2. The Hall–Kier alpha value is -0.613. The summed E-state index contributed by atoms with van der Waals surface area (Å²) in [6.07, 6.45) is 4.49. The molecular weight excluding hydrogens is 244 g/mol. The van der Waals surface area contributed by atoms with Crippen molar-refractivity contribution in [2.45, 2.75) is 58.7 Å². The van der Waals surface area contributed by atoms with Crippen LogP contribution in [0.1, 0.15) is 39.5 Å². The fraction of sp³-hybridized carbons (Fsp3) is 0.786. The molecule has 4 heteroatoms. The molecule has 0 aliphatic rings. The fourth-order valence-electron chi connectivity index (χ4n) is 1.56. The van der Waals surface area contributed by atoms with Crippen molar-refractivity contribution in [3.63, 3.8) is 0 Å². The highest BCUT2D eigenvalue weighted by Crippen LogP contribution is 2.14. The lowest BCUT2D eigenvalue weighted by molar-refractivity contribution is -0.138. The van der Waals surface area contributed by atoms with Gasteiger partial charge in [-0.05, 0) is 38.9 Å². The predicted octanol–water partition coefficient (Wildman–Crippen LogP) is 3.91. The summed E-state index contributed by atoms with van der Waals surface area (Å²) < 4.78 is 11.0. The van der Waals surface area contributed by atoms with E-state index in [0.717, 1.165) is 25.5 Å². The molecule has 0 atom stereocenters. The van der Waals surface area contributed by atoms with Crippen molar-refractivity contribution in [2.24, 2.45) is 0 Å². The first-order chi connectivity index (χ1) is 8.39. The third-order valence-corrected chi connectivity index (χ3v) is 5.29. The van der Waals surface area contributed by atoms with E-state index in [0.29, 0.717) is 12.2 Å². The standard InChI is InChI=1S/C14H28O3Si/c1-6-7-8-11-17-18(4,5)12-9-10-16-14(15)13(2)3/h2,6-12H2,1,3-5H3.